The Hall–Kier alpha value is -0.393. The van der Waals surface area contributed by atoms with Crippen molar-refractivity contribution in [2.24, 2.45) is 0 Å². The third-order valence-electron chi connectivity index (χ3n) is 4.17. The molecule has 0 aromatic rings. The molecule has 0 spiro atoms. The first-order valence-corrected chi connectivity index (χ1v) is 10.1. The lowest BCUT2D eigenvalue weighted by Crippen LogP contribution is -2.44. The van der Waals surface area contributed by atoms with Gasteiger partial charge in [-0.05, 0) is 31.5 Å². The van der Waals surface area contributed by atoms with Gasteiger partial charge in [0.25, 0.3) is 0 Å². The Balaban J connectivity index is 2.42. The van der Waals surface area contributed by atoms with Crippen LogP contribution < -0.4 is 5.32 Å². The van der Waals surface area contributed by atoms with E-state index in [9.17, 15) is 4.79 Å². The van der Waals surface area contributed by atoms with Crippen molar-refractivity contribution in [1.29, 1.82) is 0 Å². The van der Waals surface area contributed by atoms with Gasteiger partial charge >= 0.3 is 5.97 Å². The molecule has 1 rings (SSSR count). The van der Waals surface area contributed by atoms with E-state index in [1.54, 1.807) is 0 Å². The minimum absolute atomic E-state index is 0.118. The van der Waals surface area contributed by atoms with Gasteiger partial charge in [0.1, 0.15) is 0 Å². The van der Waals surface area contributed by atoms with E-state index in [4.69, 9.17) is 9.16 Å². The first-order chi connectivity index (χ1) is 8.65. The van der Waals surface area contributed by atoms with Crippen molar-refractivity contribution < 1.29 is 14.0 Å². The van der Waals surface area contributed by atoms with E-state index in [0.29, 0.717) is 13.0 Å². The largest absolute Gasteiger partial charge is 0.466 e. The van der Waals surface area contributed by atoms with E-state index >= 15 is 0 Å². The van der Waals surface area contributed by atoms with E-state index in [-0.39, 0.29) is 23.2 Å². The van der Waals surface area contributed by atoms with Crippen LogP contribution in [0.3, 0.4) is 0 Å². The molecule has 0 unspecified atom stereocenters. The van der Waals surface area contributed by atoms with Gasteiger partial charge in [0.15, 0.2) is 8.32 Å². The zero-order chi connectivity index (χ0) is 14.7. The fourth-order valence-corrected chi connectivity index (χ4v) is 3.41. The predicted octanol–water partition coefficient (Wildman–Crippen LogP) is 2.69. The van der Waals surface area contributed by atoms with Gasteiger partial charge in [0, 0.05) is 12.6 Å². The molecule has 1 aliphatic heterocycles. The van der Waals surface area contributed by atoms with Crippen molar-refractivity contribution in [3.63, 3.8) is 0 Å². The van der Waals surface area contributed by atoms with Crippen molar-refractivity contribution in [1.82, 2.24) is 5.32 Å². The normalized spacial score (nSPS) is 24.5. The standard InChI is InChI=1S/C14H29NO3Si/c1-7-17-13(16)9-11-8-12(10-15-11)18-19(5,6)14(2,3)4/h11-12,15H,7-10H2,1-6H3/t11-,12-/m0/s1. The first-order valence-electron chi connectivity index (χ1n) is 7.22. The first kappa shape index (κ1) is 16.7. The minimum Gasteiger partial charge on any atom is -0.466 e. The van der Waals surface area contributed by atoms with Crippen LogP contribution in [0.5, 0.6) is 0 Å². The second-order valence-electron chi connectivity index (χ2n) is 6.85. The Morgan fingerprint density at radius 2 is 2.00 bits per heavy atom. The van der Waals surface area contributed by atoms with Crippen LogP contribution in [0.4, 0.5) is 0 Å². The third-order valence-corrected chi connectivity index (χ3v) is 8.70. The van der Waals surface area contributed by atoms with Crippen molar-refractivity contribution in [3.05, 3.63) is 0 Å². The maximum Gasteiger partial charge on any atom is 0.307 e. The molecule has 0 saturated carbocycles. The molecule has 112 valence electrons. The average molecular weight is 287 g/mol. The fraction of sp³-hybridized carbons (Fsp3) is 0.929. The van der Waals surface area contributed by atoms with Crippen LogP contribution in [0.2, 0.25) is 18.1 Å². The third kappa shape index (κ3) is 4.89. The summed E-state index contributed by atoms with van der Waals surface area (Å²) < 4.78 is 11.3. The van der Waals surface area contributed by atoms with Crippen LogP contribution in [0.1, 0.15) is 40.5 Å². The monoisotopic (exact) mass is 287 g/mol. The number of esters is 1. The predicted molar refractivity (Wildman–Crippen MR) is 79.7 cm³/mol. The molecule has 5 heteroatoms. The number of carbonyl (C=O) groups is 1. The van der Waals surface area contributed by atoms with Gasteiger partial charge in [-0.1, -0.05) is 20.8 Å². The van der Waals surface area contributed by atoms with Gasteiger partial charge in [-0.3, -0.25) is 4.79 Å². The molecule has 0 bridgehead atoms. The minimum atomic E-state index is -1.71. The second kappa shape index (κ2) is 6.37. The molecule has 0 aromatic heterocycles. The Morgan fingerprint density at radius 1 is 1.37 bits per heavy atom. The molecule has 1 fully saturated rings. The topological polar surface area (TPSA) is 47.6 Å². The van der Waals surface area contributed by atoms with Gasteiger partial charge in [-0.15, -0.1) is 0 Å². The zero-order valence-corrected chi connectivity index (χ0v) is 14.2. The fourth-order valence-electron chi connectivity index (χ4n) is 2.04. The molecule has 19 heavy (non-hydrogen) atoms. The molecule has 2 atom stereocenters. The summed E-state index contributed by atoms with van der Waals surface area (Å²) in [7, 11) is -1.71. The molecule has 1 heterocycles. The molecule has 0 amide bonds. The summed E-state index contributed by atoms with van der Waals surface area (Å²) in [5.74, 6) is -0.118. The number of hydrogen-bond acceptors (Lipinski definition) is 4. The maximum atomic E-state index is 11.5. The molecule has 1 N–H and O–H groups in total. The lowest BCUT2D eigenvalue weighted by molar-refractivity contribution is -0.143. The van der Waals surface area contributed by atoms with Crippen molar-refractivity contribution in [2.45, 2.75) is 70.8 Å². The molecule has 0 radical (unpaired) electrons. The van der Waals surface area contributed by atoms with Crippen molar-refractivity contribution in [2.75, 3.05) is 13.2 Å². The van der Waals surface area contributed by atoms with Crippen LogP contribution in [-0.4, -0.2) is 39.6 Å². The van der Waals surface area contributed by atoms with E-state index in [0.717, 1.165) is 13.0 Å². The number of ether oxygens (including phenoxy) is 1. The molecule has 0 aromatic carbocycles. The summed E-state index contributed by atoms with van der Waals surface area (Å²) in [6.45, 7) is 14.4. The number of carbonyl (C=O) groups excluding carboxylic acids is 1. The van der Waals surface area contributed by atoms with E-state index < -0.39 is 8.32 Å². The number of rotatable bonds is 5. The highest BCUT2D eigenvalue weighted by Crippen LogP contribution is 2.38. The quantitative estimate of drug-likeness (QED) is 0.624. The SMILES string of the molecule is CCOC(=O)C[C@@H]1C[C@H](O[Si](C)(C)C(C)(C)C)CN1. The van der Waals surface area contributed by atoms with Crippen LogP contribution in [0.25, 0.3) is 0 Å². The molecule has 1 aliphatic rings. The molecule has 0 aliphatic carbocycles. The van der Waals surface area contributed by atoms with Gasteiger partial charge in [0.2, 0.25) is 0 Å². The molecular formula is C14H29NO3Si. The van der Waals surface area contributed by atoms with Crippen LogP contribution >= 0.6 is 0 Å². The van der Waals surface area contributed by atoms with Crippen LogP contribution in [0.15, 0.2) is 0 Å². The summed E-state index contributed by atoms with van der Waals surface area (Å²) in [6.07, 6.45) is 1.59. The Kier molecular flexibility index (Phi) is 5.59. The van der Waals surface area contributed by atoms with E-state index in [1.807, 2.05) is 6.92 Å². The molecule has 4 nitrogen and oxygen atoms in total. The lowest BCUT2D eigenvalue weighted by Gasteiger charge is -2.38. The Bertz CT molecular complexity index is 312. The van der Waals surface area contributed by atoms with E-state index in [1.165, 1.54) is 0 Å². The summed E-state index contributed by atoms with van der Waals surface area (Å²) in [4.78, 5) is 11.5. The maximum absolute atomic E-state index is 11.5. The highest BCUT2D eigenvalue weighted by Gasteiger charge is 2.40. The zero-order valence-electron chi connectivity index (χ0n) is 13.2. The molecular weight excluding hydrogens is 258 g/mol. The molecule has 1 saturated heterocycles. The smallest absolute Gasteiger partial charge is 0.307 e. The van der Waals surface area contributed by atoms with Gasteiger partial charge < -0.3 is 14.5 Å². The van der Waals surface area contributed by atoms with Gasteiger partial charge in [-0.25, -0.2) is 0 Å². The van der Waals surface area contributed by atoms with E-state index in [2.05, 4.69) is 39.2 Å². The number of nitrogens with one attached hydrogen (secondary N) is 1. The van der Waals surface area contributed by atoms with Crippen molar-refractivity contribution >= 4 is 14.3 Å². The summed E-state index contributed by atoms with van der Waals surface area (Å²) >= 11 is 0. The second-order valence-corrected chi connectivity index (χ2v) is 11.6. The van der Waals surface area contributed by atoms with Gasteiger partial charge in [0.05, 0.1) is 19.1 Å². The van der Waals surface area contributed by atoms with Crippen LogP contribution in [-0.2, 0) is 14.0 Å². The van der Waals surface area contributed by atoms with Crippen molar-refractivity contribution in [3.8, 4) is 0 Å². The lowest BCUT2D eigenvalue weighted by atomic mass is 10.1. The van der Waals surface area contributed by atoms with Crippen LogP contribution in [0, 0.1) is 0 Å². The highest BCUT2D eigenvalue weighted by atomic mass is 28.4. The summed E-state index contributed by atoms with van der Waals surface area (Å²) in [6, 6.07) is 0.203. The van der Waals surface area contributed by atoms with Gasteiger partial charge in [-0.2, -0.15) is 0 Å². The summed E-state index contributed by atoms with van der Waals surface area (Å²) in [5.41, 5.74) is 0. The Labute approximate surface area is 118 Å². The highest BCUT2D eigenvalue weighted by molar-refractivity contribution is 6.74. The average Bonchev–Trinajstić information content (AvgIpc) is 2.63. The summed E-state index contributed by atoms with van der Waals surface area (Å²) in [5, 5.41) is 3.59. The number of hydrogen-bond donors (Lipinski definition) is 1. The Morgan fingerprint density at radius 3 is 2.53 bits per heavy atom.